The van der Waals surface area contributed by atoms with Crippen molar-refractivity contribution >= 4 is 11.8 Å². The molecule has 0 aliphatic carbocycles. The molecule has 4 nitrogen and oxygen atoms in total. The van der Waals surface area contributed by atoms with E-state index in [1.165, 1.54) is 0 Å². The number of anilines is 1. The first-order valence-electron chi connectivity index (χ1n) is 4.52. The van der Waals surface area contributed by atoms with E-state index in [0.29, 0.717) is 5.88 Å². The van der Waals surface area contributed by atoms with E-state index in [9.17, 15) is 4.79 Å². The van der Waals surface area contributed by atoms with Crippen LogP contribution in [0.15, 0.2) is 16.5 Å². The van der Waals surface area contributed by atoms with E-state index in [0.717, 1.165) is 5.76 Å². The van der Waals surface area contributed by atoms with Gasteiger partial charge in [0.2, 0.25) is 5.91 Å². The molecule has 0 aromatic carbocycles. The molecule has 1 heterocycles. The molecule has 0 aliphatic heterocycles. The van der Waals surface area contributed by atoms with E-state index >= 15 is 0 Å². The van der Waals surface area contributed by atoms with E-state index in [-0.39, 0.29) is 5.91 Å². The van der Waals surface area contributed by atoms with Crippen molar-refractivity contribution in [3.63, 3.8) is 0 Å². The third-order valence-corrected chi connectivity index (χ3v) is 2.17. The van der Waals surface area contributed by atoms with Crippen LogP contribution in [0.25, 0.3) is 0 Å². The van der Waals surface area contributed by atoms with Crippen molar-refractivity contribution in [2.75, 3.05) is 12.4 Å². The molecule has 0 saturated carbocycles. The zero-order valence-corrected chi connectivity index (χ0v) is 8.97. The minimum atomic E-state index is -0.597. The zero-order chi connectivity index (χ0) is 10.8. The van der Waals surface area contributed by atoms with Crippen LogP contribution in [-0.2, 0) is 4.79 Å². The van der Waals surface area contributed by atoms with Gasteiger partial charge in [0.25, 0.3) is 0 Å². The fourth-order valence-corrected chi connectivity index (χ4v) is 0.883. The summed E-state index contributed by atoms with van der Waals surface area (Å²) in [6.45, 7) is 5.44. The molecule has 1 aromatic rings. The van der Waals surface area contributed by atoms with Crippen LogP contribution in [0.5, 0.6) is 0 Å². The predicted molar refractivity (Wildman–Crippen MR) is 55.2 cm³/mol. The Bertz CT molecular complexity index is 329. The van der Waals surface area contributed by atoms with Gasteiger partial charge in [-0.25, -0.2) is 0 Å². The zero-order valence-electron chi connectivity index (χ0n) is 8.97. The summed E-state index contributed by atoms with van der Waals surface area (Å²) in [4.78, 5) is 11.6. The highest BCUT2D eigenvalue weighted by Gasteiger charge is 2.25. The minimum Gasteiger partial charge on any atom is -0.446 e. The summed E-state index contributed by atoms with van der Waals surface area (Å²) in [5, 5.41) is 5.60. The molecule has 0 spiro atoms. The van der Waals surface area contributed by atoms with Crippen LogP contribution in [0, 0.1) is 6.92 Å². The van der Waals surface area contributed by atoms with Crippen molar-refractivity contribution in [3.8, 4) is 0 Å². The quantitative estimate of drug-likeness (QED) is 0.770. The Kier molecular flexibility index (Phi) is 2.96. The molecular weight excluding hydrogens is 180 g/mol. The summed E-state index contributed by atoms with van der Waals surface area (Å²) < 4.78 is 5.23. The van der Waals surface area contributed by atoms with E-state index in [2.05, 4.69) is 10.6 Å². The molecule has 1 amide bonds. The first-order chi connectivity index (χ1) is 6.45. The van der Waals surface area contributed by atoms with Gasteiger partial charge in [-0.2, -0.15) is 0 Å². The van der Waals surface area contributed by atoms with E-state index in [1.54, 1.807) is 27.0 Å². The molecule has 0 fully saturated rings. The maximum atomic E-state index is 11.6. The molecule has 0 unspecified atom stereocenters. The molecule has 0 atom stereocenters. The number of hydrogen-bond acceptors (Lipinski definition) is 3. The monoisotopic (exact) mass is 196 g/mol. The normalized spacial score (nSPS) is 11.4. The van der Waals surface area contributed by atoms with E-state index in [1.807, 2.05) is 13.0 Å². The van der Waals surface area contributed by atoms with Crippen molar-refractivity contribution in [3.05, 3.63) is 17.9 Å². The highest BCUT2D eigenvalue weighted by atomic mass is 16.4. The fourth-order valence-electron chi connectivity index (χ4n) is 0.883. The molecule has 1 aromatic heterocycles. The minimum absolute atomic E-state index is 0.116. The Hall–Kier alpha value is -1.29. The molecule has 0 saturated heterocycles. The van der Waals surface area contributed by atoms with E-state index in [4.69, 9.17) is 4.42 Å². The average Bonchev–Trinajstić information content (AvgIpc) is 2.51. The van der Waals surface area contributed by atoms with Gasteiger partial charge in [0, 0.05) is 6.07 Å². The number of likely N-dealkylation sites (N-methyl/N-ethyl adjacent to an activating group) is 1. The summed E-state index contributed by atoms with van der Waals surface area (Å²) in [6.07, 6.45) is 0. The predicted octanol–water partition coefficient (Wildman–Crippen LogP) is 1.52. The largest absolute Gasteiger partial charge is 0.446 e. The van der Waals surface area contributed by atoms with Crippen molar-refractivity contribution in [2.45, 2.75) is 26.3 Å². The Morgan fingerprint density at radius 1 is 1.43 bits per heavy atom. The lowest BCUT2D eigenvalue weighted by Gasteiger charge is -2.21. The molecule has 14 heavy (non-hydrogen) atoms. The van der Waals surface area contributed by atoms with Gasteiger partial charge in [-0.05, 0) is 33.9 Å². The molecule has 4 heteroatoms. The number of amides is 1. The van der Waals surface area contributed by atoms with Gasteiger partial charge in [-0.1, -0.05) is 0 Å². The van der Waals surface area contributed by atoms with Crippen molar-refractivity contribution in [2.24, 2.45) is 0 Å². The number of furan rings is 1. The summed E-state index contributed by atoms with van der Waals surface area (Å²) >= 11 is 0. The third kappa shape index (κ3) is 2.35. The topological polar surface area (TPSA) is 54.3 Å². The van der Waals surface area contributed by atoms with Gasteiger partial charge >= 0.3 is 0 Å². The van der Waals surface area contributed by atoms with Crippen LogP contribution in [0.4, 0.5) is 5.88 Å². The summed E-state index contributed by atoms with van der Waals surface area (Å²) in [5.74, 6) is 1.15. The first-order valence-corrected chi connectivity index (χ1v) is 4.52. The highest BCUT2D eigenvalue weighted by molar-refractivity contribution is 5.96. The van der Waals surface area contributed by atoms with Crippen LogP contribution in [-0.4, -0.2) is 18.5 Å². The number of carbonyl (C=O) groups excluding carboxylic acids is 1. The molecule has 2 N–H and O–H groups in total. The highest BCUT2D eigenvalue weighted by Crippen LogP contribution is 2.14. The SMILES string of the molecule is CNC(C)(C)C(=O)Nc1ccc(C)o1. The summed E-state index contributed by atoms with van der Waals surface area (Å²) in [6, 6.07) is 3.54. The number of rotatable bonds is 3. The second-order valence-corrected chi connectivity index (χ2v) is 3.74. The second kappa shape index (κ2) is 3.84. The molecule has 0 radical (unpaired) electrons. The lowest BCUT2D eigenvalue weighted by Crippen LogP contribution is -2.47. The summed E-state index contributed by atoms with van der Waals surface area (Å²) in [7, 11) is 1.74. The van der Waals surface area contributed by atoms with Crippen molar-refractivity contribution in [1.29, 1.82) is 0 Å². The number of carbonyl (C=O) groups is 1. The maximum Gasteiger partial charge on any atom is 0.246 e. The standard InChI is InChI=1S/C10H16N2O2/c1-7-5-6-8(14-7)12-9(13)10(2,3)11-4/h5-6,11H,1-4H3,(H,12,13). The van der Waals surface area contributed by atoms with E-state index < -0.39 is 5.54 Å². The molecule has 78 valence electrons. The van der Waals surface area contributed by atoms with Gasteiger partial charge < -0.3 is 9.73 Å². The van der Waals surface area contributed by atoms with Crippen LogP contribution in [0.2, 0.25) is 0 Å². The Morgan fingerprint density at radius 3 is 2.50 bits per heavy atom. The molecule has 0 aliphatic rings. The van der Waals surface area contributed by atoms with Crippen LogP contribution >= 0.6 is 0 Å². The Balaban J connectivity index is 2.66. The molecule has 1 rings (SSSR count). The number of aryl methyl sites for hydroxylation is 1. The lowest BCUT2D eigenvalue weighted by molar-refractivity contribution is -0.121. The van der Waals surface area contributed by atoms with Gasteiger partial charge in [-0.15, -0.1) is 0 Å². The van der Waals surface area contributed by atoms with Crippen LogP contribution < -0.4 is 10.6 Å². The Morgan fingerprint density at radius 2 is 2.07 bits per heavy atom. The number of hydrogen-bond donors (Lipinski definition) is 2. The van der Waals surface area contributed by atoms with Gasteiger partial charge in [0.05, 0.1) is 5.54 Å². The average molecular weight is 196 g/mol. The molecule has 0 bridgehead atoms. The lowest BCUT2D eigenvalue weighted by atomic mass is 10.1. The fraction of sp³-hybridized carbons (Fsp3) is 0.500. The molecular formula is C10H16N2O2. The second-order valence-electron chi connectivity index (χ2n) is 3.74. The smallest absolute Gasteiger partial charge is 0.246 e. The van der Waals surface area contributed by atoms with Crippen molar-refractivity contribution < 1.29 is 9.21 Å². The Labute approximate surface area is 83.7 Å². The van der Waals surface area contributed by atoms with Crippen LogP contribution in [0.3, 0.4) is 0 Å². The summed E-state index contributed by atoms with van der Waals surface area (Å²) in [5.41, 5.74) is -0.597. The number of nitrogens with one attached hydrogen (secondary N) is 2. The van der Waals surface area contributed by atoms with Gasteiger partial charge in [-0.3, -0.25) is 10.1 Å². The third-order valence-electron chi connectivity index (χ3n) is 2.17. The van der Waals surface area contributed by atoms with Crippen LogP contribution in [0.1, 0.15) is 19.6 Å². The first kappa shape index (κ1) is 10.8. The van der Waals surface area contributed by atoms with Crippen molar-refractivity contribution in [1.82, 2.24) is 5.32 Å². The maximum absolute atomic E-state index is 11.6. The van der Waals surface area contributed by atoms with Gasteiger partial charge in [0.15, 0.2) is 5.88 Å². The van der Waals surface area contributed by atoms with Gasteiger partial charge in [0.1, 0.15) is 5.76 Å².